The van der Waals surface area contributed by atoms with Crippen molar-refractivity contribution >= 4 is 21.6 Å². The summed E-state index contributed by atoms with van der Waals surface area (Å²) in [6.07, 6.45) is -0.0618. The van der Waals surface area contributed by atoms with Crippen LogP contribution >= 0.6 is 0 Å². The van der Waals surface area contributed by atoms with Gasteiger partial charge in [-0.05, 0) is 49.7 Å². The molecule has 27 heavy (non-hydrogen) atoms. The highest BCUT2D eigenvalue weighted by Crippen LogP contribution is 2.27. The monoisotopic (exact) mass is 392 g/mol. The summed E-state index contributed by atoms with van der Waals surface area (Å²) in [5, 5.41) is 2.70. The van der Waals surface area contributed by atoms with Crippen LogP contribution in [0.1, 0.15) is 20.3 Å². The third-order valence-corrected chi connectivity index (χ3v) is 5.19. The lowest BCUT2D eigenvalue weighted by Gasteiger charge is -2.16. The first-order chi connectivity index (χ1) is 12.9. The summed E-state index contributed by atoms with van der Waals surface area (Å²) >= 11 is 0. The van der Waals surface area contributed by atoms with E-state index in [-0.39, 0.29) is 10.8 Å². The molecule has 0 spiro atoms. The van der Waals surface area contributed by atoms with Crippen molar-refractivity contribution < 1.29 is 22.7 Å². The molecule has 0 aliphatic carbocycles. The Kier molecular flexibility index (Phi) is 7.20. The number of rotatable bonds is 9. The average Bonchev–Trinajstić information content (AvgIpc) is 2.67. The van der Waals surface area contributed by atoms with E-state index in [9.17, 15) is 13.2 Å². The zero-order valence-electron chi connectivity index (χ0n) is 15.6. The van der Waals surface area contributed by atoms with Crippen molar-refractivity contribution in [2.45, 2.75) is 31.3 Å². The van der Waals surface area contributed by atoms with Crippen LogP contribution in [-0.2, 0) is 14.8 Å². The molecule has 2 aromatic rings. The zero-order chi connectivity index (χ0) is 19.9. The number of ether oxygens (including phenoxy) is 2. The number of hydrogen-bond donors (Lipinski definition) is 2. The molecule has 2 N–H and O–H groups in total. The predicted molar refractivity (Wildman–Crippen MR) is 104 cm³/mol. The molecule has 2 aromatic carbocycles. The Labute approximate surface area is 159 Å². The van der Waals surface area contributed by atoms with Crippen molar-refractivity contribution in [1.82, 2.24) is 4.72 Å². The number of para-hydroxylation sites is 2. The summed E-state index contributed by atoms with van der Waals surface area (Å²) in [5.41, 5.74) is 0.477. The number of carbonyl (C=O) groups excluding carboxylic acids is 1. The van der Waals surface area contributed by atoms with E-state index in [1.54, 1.807) is 31.2 Å². The number of carbonyl (C=O) groups is 1. The lowest BCUT2D eigenvalue weighted by atomic mass is 10.3. The van der Waals surface area contributed by atoms with Crippen molar-refractivity contribution in [1.29, 1.82) is 0 Å². The smallest absolute Gasteiger partial charge is 0.265 e. The van der Waals surface area contributed by atoms with E-state index in [1.165, 1.54) is 31.4 Å². The summed E-state index contributed by atoms with van der Waals surface area (Å²) in [6, 6.07) is 13.0. The second-order valence-electron chi connectivity index (χ2n) is 5.82. The molecular formula is C19H24N2O5S. The van der Waals surface area contributed by atoms with Crippen LogP contribution in [0.3, 0.4) is 0 Å². The minimum atomic E-state index is -3.53. The standard InChI is InChI=1S/C19H24N2O5S/c1-4-13-20-27(23,24)16-11-9-15(10-12-16)21-19(22)14(2)26-18-8-6-5-7-17(18)25-3/h5-12,14,20H,4,13H2,1-3H3,(H,21,22). The summed E-state index contributed by atoms with van der Waals surface area (Å²) in [7, 11) is -2.01. The van der Waals surface area contributed by atoms with Gasteiger partial charge in [0, 0.05) is 12.2 Å². The summed E-state index contributed by atoms with van der Waals surface area (Å²) in [5.74, 6) is 0.637. The number of benzene rings is 2. The third-order valence-electron chi connectivity index (χ3n) is 3.72. The molecule has 0 saturated heterocycles. The van der Waals surface area contributed by atoms with Crippen LogP contribution in [0, 0.1) is 0 Å². The van der Waals surface area contributed by atoms with E-state index < -0.39 is 16.1 Å². The summed E-state index contributed by atoms with van der Waals surface area (Å²) < 4.78 is 37.5. The van der Waals surface area contributed by atoms with Crippen molar-refractivity contribution in [3.63, 3.8) is 0 Å². The Hall–Kier alpha value is -2.58. The minimum Gasteiger partial charge on any atom is -0.493 e. The lowest BCUT2D eigenvalue weighted by molar-refractivity contribution is -0.122. The van der Waals surface area contributed by atoms with E-state index >= 15 is 0 Å². The zero-order valence-corrected chi connectivity index (χ0v) is 16.4. The molecule has 146 valence electrons. The molecule has 0 saturated carbocycles. The second kappa shape index (κ2) is 9.38. The summed E-state index contributed by atoms with van der Waals surface area (Å²) in [4.78, 5) is 12.5. The van der Waals surface area contributed by atoms with E-state index in [0.29, 0.717) is 30.2 Å². The molecule has 2 rings (SSSR count). The van der Waals surface area contributed by atoms with Gasteiger partial charge in [-0.15, -0.1) is 0 Å². The van der Waals surface area contributed by atoms with Crippen molar-refractivity contribution in [3.8, 4) is 11.5 Å². The Morgan fingerprint density at radius 3 is 2.30 bits per heavy atom. The maximum absolute atomic E-state index is 12.3. The SMILES string of the molecule is CCCNS(=O)(=O)c1ccc(NC(=O)C(C)Oc2ccccc2OC)cc1. The van der Waals surface area contributed by atoms with Crippen LogP contribution in [0.15, 0.2) is 53.4 Å². The first-order valence-electron chi connectivity index (χ1n) is 8.57. The molecule has 0 bridgehead atoms. The fraction of sp³-hybridized carbons (Fsp3) is 0.316. The molecule has 1 unspecified atom stereocenters. The Bertz CT molecular complexity index is 866. The second-order valence-corrected chi connectivity index (χ2v) is 7.59. The van der Waals surface area contributed by atoms with E-state index in [4.69, 9.17) is 9.47 Å². The van der Waals surface area contributed by atoms with Gasteiger partial charge in [0.25, 0.3) is 5.91 Å². The molecule has 1 atom stereocenters. The Balaban J connectivity index is 2.01. The van der Waals surface area contributed by atoms with E-state index in [0.717, 1.165) is 0 Å². The van der Waals surface area contributed by atoms with Gasteiger partial charge in [-0.1, -0.05) is 19.1 Å². The molecule has 0 aliphatic rings. The number of hydrogen-bond acceptors (Lipinski definition) is 5. The molecule has 0 radical (unpaired) electrons. The quantitative estimate of drug-likeness (QED) is 0.684. The van der Waals surface area contributed by atoms with Crippen LogP contribution < -0.4 is 19.5 Å². The average molecular weight is 392 g/mol. The maximum atomic E-state index is 12.3. The van der Waals surface area contributed by atoms with E-state index in [2.05, 4.69) is 10.0 Å². The fourth-order valence-corrected chi connectivity index (χ4v) is 3.38. The number of sulfonamides is 1. The van der Waals surface area contributed by atoms with Crippen molar-refractivity contribution in [2.75, 3.05) is 19.0 Å². The van der Waals surface area contributed by atoms with Gasteiger partial charge in [-0.3, -0.25) is 4.79 Å². The van der Waals surface area contributed by atoms with E-state index in [1.807, 2.05) is 6.92 Å². The van der Waals surface area contributed by atoms with Crippen molar-refractivity contribution in [3.05, 3.63) is 48.5 Å². The Morgan fingerprint density at radius 1 is 1.07 bits per heavy atom. The molecule has 0 aromatic heterocycles. The first kappa shape index (κ1) is 20.7. The summed E-state index contributed by atoms with van der Waals surface area (Å²) in [6.45, 7) is 3.88. The van der Waals surface area contributed by atoms with Crippen LogP contribution in [0.5, 0.6) is 11.5 Å². The molecule has 0 fully saturated rings. The Morgan fingerprint density at radius 2 is 1.70 bits per heavy atom. The van der Waals surface area contributed by atoms with Gasteiger partial charge < -0.3 is 14.8 Å². The third kappa shape index (κ3) is 5.70. The van der Waals surface area contributed by atoms with Crippen LogP contribution in [0.25, 0.3) is 0 Å². The number of methoxy groups -OCH3 is 1. The topological polar surface area (TPSA) is 93.7 Å². The number of nitrogens with one attached hydrogen (secondary N) is 2. The minimum absolute atomic E-state index is 0.146. The molecule has 7 nitrogen and oxygen atoms in total. The first-order valence-corrected chi connectivity index (χ1v) is 10.1. The van der Waals surface area contributed by atoms with Gasteiger partial charge in [0.15, 0.2) is 17.6 Å². The lowest BCUT2D eigenvalue weighted by Crippen LogP contribution is -2.30. The van der Waals surface area contributed by atoms with Crippen LogP contribution in [-0.4, -0.2) is 34.1 Å². The molecule has 8 heteroatoms. The van der Waals surface area contributed by atoms with Gasteiger partial charge in [-0.2, -0.15) is 0 Å². The highest BCUT2D eigenvalue weighted by atomic mass is 32.2. The normalized spacial score (nSPS) is 12.3. The van der Waals surface area contributed by atoms with Gasteiger partial charge in [-0.25, -0.2) is 13.1 Å². The highest BCUT2D eigenvalue weighted by molar-refractivity contribution is 7.89. The van der Waals surface area contributed by atoms with Gasteiger partial charge in [0.2, 0.25) is 10.0 Å². The number of amides is 1. The number of anilines is 1. The maximum Gasteiger partial charge on any atom is 0.265 e. The van der Waals surface area contributed by atoms with Crippen molar-refractivity contribution in [2.24, 2.45) is 0 Å². The molecule has 1 amide bonds. The highest BCUT2D eigenvalue weighted by Gasteiger charge is 2.18. The predicted octanol–water partition coefficient (Wildman–Crippen LogP) is 2.79. The van der Waals surface area contributed by atoms with Crippen LogP contribution in [0.4, 0.5) is 5.69 Å². The van der Waals surface area contributed by atoms with Gasteiger partial charge in [0.1, 0.15) is 0 Å². The van der Waals surface area contributed by atoms with Gasteiger partial charge in [0.05, 0.1) is 12.0 Å². The molecule has 0 heterocycles. The van der Waals surface area contributed by atoms with Gasteiger partial charge >= 0.3 is 0 Å². The fourth-order valence-electron chi connectivity index (χ4n) is 2.24. The molecule has 0 aliphatic heterocycles. The molecular weight excluding hydrogens is 368 g/mol. The largest absolute Gasteiger partial charge is 0.493 e. The van der Waals surface area contributed by atoms with Crippen LogP contribution in [0.2, 0.25) is 0 Å².